The largest absolute Gasteiger partial charge is 0.341 e. The molecule has 116 valence electrons. The van der Waals surface area contributed by atoms with Crippen molar-refractivity contribution in [2.24, 2.45) is 5.92 Å². The van der Waals surface area contributed by atoms with Gasteiger partial charge in [-0.1, -0.05) is 33.1 Å². The molecule has 0 aromatic rings. The van der Waals surface area contributed by atoms with Gasteiger partial charge in [-0.3, -0.25) is 4.79 Å². The van der Waals surface area contributed by atoms with E-state index in [0.29, 0.717) is 5.91 Å². The average molecular weight is 280 g/mol. The molecule has 2 saturated heterocycles. The third kappa shape index (κ3) is 3.55. The molecule has 0 radical (unpaired) electrons. The van der Waals surface area contributed by atoms with E-state index in [-0.39, 0.29) is 5.54 Å². The SMILES string of the molecule is CCCC1CCCN(C(=O)C2(CCC)CCCN2)CC1. The Kier molecular flexibility index (Phi) is 5.88. The van der Waals surface area contributed by atoms with Crippen molar-refractivity contribution in [1.82, 2.24) is 10.2 Å². The molecule has 2 atom stereocenters. The van der Waals surface area contributed by atoms with Crippen LogP contribution in [0.15, 0.2) is 0 Å². The van der Waals surface area contributed by atoms with Gasteiger partial charge in [-0.25, -0.2) is 0 Å². The topological polar surface area (TPSA) is 32.3 Å². The predicted molar refractivity (Wildman–Crippen MR) is 83.7 cm³/mol. The maximum absolute atomic E-state index is 13.0. The molecule has 0 spiro atoms. The number of likely N-dealkylation sites (tertiary alicyclic amines) is 1. The third-order valence-corrected chi connectivity index (χ3v) is 5.16. The zero-order chi connectivity index (χ0) is 14.4. The number of rotatable bonds is 5. The van der Waals surface area contributed by atoms with Gasteiger partial charge in [-0.05, 0) is 51.0 Å². The molecule has 0 bridgehead atoms. The van der Waals surface area contributed by atoms with Gasteiger partial charge in [-0.2, -0.15) is 0 Å². The van der Waals surface area contributed by atoms with Crippen molar-refractivity contribution in [3.8, 4) is 0 Å². The number of amides is 1. The van der Waals surface area contributed by atoms with E-state index in [1.165, 1.54) is 32.1 Å². The molecule has 2 aliphatic rings. The van der Waals surface area contributed by atoms with Crippen LogP contribution in [0.4, 0.5) is 0 Å². The molecular weight excluding hydrogens is 248 g/mol. The van der Waals surface area contributed by atoms with E-state index in [1.54, 1.807) is 0 Å². The van der Waals surface area contributed by atoms with Crippen LogP contribution in [-0.2, 0) is 4.79 Å². The third-order valence-electron chi connectivity index (χ3n) is 5.16. The first-order valence-electron chi connectivity index (χ1n) is 8.76. The monoisotopic (exact) mass is 280 g/mol. The van der Waals surface area contributed by atoms with E-state index < -0.39 is 0 Å². The number of carbonyl (C=O) groups is 1. The van der Waals surface area contributed by atoms with Crippen LogP contribution in [0.3, 0.4) is 0 Å². The van der Waals surface area contributed by atoms with E-state index in [2.05, 4.69) is 24.1 Å². The molecule has 20 heavy (non-hydrogen) atoms. The molecule has 2 heterocycles. The standard InChI is InChI=1S/C17H32N2O/c1-3-7-15-8-5-13-19(14-9-15)16(20)17(10-4-2)11-6-12-18-17/h15,18H,3-14H2,1-2H3. The van der Waals surface area contributed by atoms with Gasteiger partial charge in [0, 0.05) is 13.1 Å². The van der Waals surface area contributed by atoms with Crippen LogP contribution in [0.1, 0.15) is 71.6 Å². The molecule has 1 amide bonds. The minimum absolute atomic E-state index is 0.223. The lowest BCUT2D eigenvalue weighted by atomic mass is 9.90. The fraction of sp³-hybridized carbons (Fsp3) is 0.941. The fourth-order valence-electron chi connectivity index (χ4n) is 4.10. The van der Waals surface area contributed by atoms with Crippen molar-refractivity contribution >= 4 is 5.91 Å². The Morgan fingerprint density at radius 3 is 2.70 bits per heavy atom. The predicted octanol–water partition coefficient (Wildman–Crippen LogP) is 3.34. The van der Waals surface area contributed by atoms with Crippen LogP contribution in [0.5, 0.6) is 0 Å². The van der Waals surface area contributed by atoms with Crippen molar-refractivity contribution in [2.45, 2.75) is 77.2 Å². The van der Waals surface area contributed by atoms with Crippen molar-refractivity contribution in [3.63, 3.8) is 0 Å². The van der Waals surface area contributed by atoms with E-state index in [0.717, 1.165) is 51.2 Å². The number of hydrogen-bond acceptors (Lipinski definition) is 2. The number of carbonyl (C=O) groups excluding carboxylic acids is 1. The Hall–Kier alpha value is -0.570. The zero-order valence-corrected chi connectivity index (χ0v) is 13.4. The lowest BCUT2D eigenvalue weighted by Gasteiger charge is -2.34. The summed E-state index contributed by atoms with van der Waals surface area (Å²) in [5.41, 5.74) is -0.223. The van der Waals surface area contributed by atoms with Crippen molar-refractivity contribution < 1.29 is 4.79 Å². The summed E-state index contributed by atoms with van der Waals surface area (Å²) in [5.74, 6) is 1.24. The maximum Gasteiger partial charge on any atom is 0.242 e. The lowest BCUT2D eigenvalue weighted by Crippen LogP contribution is -2.55. The molecule has 3 heteroatoms. The first-order chi connectivity index (χ1) is 9.72. The highest BCUT2D eigenvalue weighted by Crippen LogP contribution is 2.29. The summed E-state index contributed by atoms with van der Waals surface area (Å²) in [5, 5.41) is 3.53. The summed E-state index contributed by atoms with van der Waals surface area (Å²) in [6, 6.07) is 0. The molecule has 0 aromatic carbocycles. The Bertz CT molecular complexity index is 310. The summed E-state index contributed by atoms with van der Waals surface area (Å²) < 4.78 is 0. The average Bonchev–Trinajstić information content (AvgIpc) is 2.79. The highest BCUT2D eigenvalue weighted by molar-refractivity contribution is 5.86. The van der Waals surface area contributed by atoms with E-state index in [1.807, 2.05) is 0 Å². The van der Waals surface area contributed by atoms with Crippen LogP contribution in [-0.4, -0.2) is 36.0 Å². The molecule has 1 N–H and O–H groups in total. The Labute approximate surface area is 124 Å². The number of nitrogens with one attached hydrogen (secondary N) is 1. The molecule has 2 rings (SSSR count). The summed E-state index contributed by atoms with van der Waals surface area (Å²) in [6.07, 6.45) is 10.6. The first-order valence-corrected chi connectivity index (χ1v) is 8.76. The van der Waals surface area contributed by atoms with Gasteiger partial charge in [-0.15, -0.1) is 0 Å². The normalized spacial score (nSPS) is 31.3. The molecular formula is C17H32N2O. The number of hydrogen-bond donors (Lipinski definition) is 1. The molecule has 0 saturated carbocycles. The smallest absolute Gasteiger partial charge is 0.242 e. The zero-order valence-electron chi connectivity index (χ0n) is 13.4. The van der Waals surface area contributed by atoms with E-state index >= 15 is 0 Å². The van der Waals surface area contributed by atoms with Crippen LogP contribution in [0.25, 0.3) is 0 Å². The summed E-state index contributed by atoms with van der Waals surface area (Å²) in [4.78, 5) is 15.2. The minimum atomic E-state index is -0.223. The van der Waals surface area contributed by atoms with Gasteiger partial charge in [0.1, 0.15) is 0 Å². The minimum Gasteiger partial charge on any atom is -0.341 e. The van der Waals surface area contributed by atoms with Gasteiger partial charge < -0.3 is 10.2 Å². The Morgan fingerprint density at radius 2 is 2.05 bits per heavy atom. The molecule has 2 fully saturated rings. The lowest BCUT2D eigenvalue weighted by molar-refractivity contribution is -0.138. The van der Waals surface area contributed by atoms with E-state index in [4.69, 9.17) is 0 Å². The summed E-state index contributed by atoms with van der Waals surface area (Å²) >= 11 is 0. The van der Waals surface area contributed by atoms with Crippen molar-refractivity contribution in [1.29, 1.82) is 0 Å². The van der Waals surface area contributed by atoms with Gasteiger partial charge in [0.15, 0.2) is 0 Å². The van der Waals surface area contributed by atoms with Gasteiger partial charge in [0.25, 0.3) is 0 Å². The van der Waals surface area contributed by atoms with Gasteiger partial charge >= 0.3 is 0 Å². The van der Waals surface area contributed by atoms with Crippen LogP contribution in [0.2, 0.25) is 0 Å². The van der Waals surface area contributed by atoms with Crippen molar-refractivity contribution in [2.75, 3.05) is 19.6 Å². The van der Waals surface area contributed by atoms with Crippen LogP contribution < -0.4 is 5.32 Å². The molecule has 0 aliphatic carbocycles. The summed E-state index contributed by atoms with van der Waals surface area (Å²) in [6.45, 7) is 7.43. The van der Waals surface area contributed by atoms with Crippen LogP contribution in [0, 0.1) is 5.92 Å². The van der Waals surface area contributed by atoms with E-state index in [9.17, 15) is 4.79 Å². The Morgan fingerprint density at radius 1 is 1.20 bits per heavy atom. The quantitative estimate of drug-likeness (QED) is 0.837. The highest BCUT2D eigenvalue weighted by Gasteiger charge is 2.42. The second-order valence-electron chi connectivity index (χ2n) is 6.74. The fourth-order valence-corrected chi connectivity index (χ4v) is 4.10. The molecule has 2 unspecified atom stereocenters. The Balaban J connectivity index is 1.97. The van der Waals surface area contributed by atoms with Gasteiger partial charge in [0.05, 0.1) is 5.54 Å². The second kappa shape index (κ2) is 7.44. The molecule has 3 nitrogen and oxygen atoms in total. The maximum atomic E-state index is 13.0. The van der Waals surface area contributed by atoms with Gasteiger partial charge in [0.2, 0.25) is 5.91 Å². The number of nitrogens with zero attached hydrogens (tertiary/aromatic N) is 1. The first kappa shape index (κ1) is 15.8. The second-order valence-corrected chi connectivity index (χ2v) is 6.74. The molecule has 2 aliphatic heterocycles. The van der Waals surface area contributed by atoms with Crippen molar-refractivity contribution in [3.05, 3.63) is 0 Å². The van der Waals surface area contributed by atoms with Crippen LogP contribution >= 0.6 is 0 Å². The highest BCUT2D eigenvalue weighted by atomic mass is 16.2. The summed E-state index contributed by atoms with van der Waals surface area (Å²) in [7, 11) is 0. The molecule has 0 aromatic heterocycles.